The second kappa shape index (κ2) is 6.09. The Hall–Kier alpha value is 0.360. The van der Waals surface area contributed by atoms with Crippen LogP contribution in [0.25, 0.3) is 0 Å². The van der Waals surface area contributed by atoms with Gasteiger partial charge in [-0.15, -0.1) is 17.0 Å². The molecule has 0 aromatic heterocycles. The summed E-state index contributed by atoms with van der Waals surface area (Å²) in [6.07, 6.45) is 0.997. The van der Waals surface area contributed by atoms with Crippen molar-refractivity contribution in [1.29, 1.82) is 0 Å². The summed E-state index contributed by atoms with van der Waals surface area (Å²) in [5.74, 6) is 0. The van der Waals surface area contributed by atoms with Gasteiger partial charge in [-0.1, -0.05) is 0 Å². The second-order valence-corrected chi connectivity index (χ2v) is 2.21. The standard InChI is InChI=1S/C6H13NO2.BrH/c8-3-1-6-5-7-2-4-9-6;/h6-8H,1-5H2;1H. The number of aliphatic hydroxyl groups excluding tert-OH is 1. The molecule has 0 radical (unpaired) electrons. The van der Waals surface area contributed by atoms with Crippen molar-refractivity contribution in [3.63, 3.8) is 0 Å². The number of ether oxygens (including phenoxy) is 1. The highest BCUT2D eigenvalue weighted by atomic mass is 79.9. The molecule has 1 heterocycles. The van der Waals surface area contributed by atoms with Crippen molar-refractivity contribution < 1.29 is 9.84 Å². The summed E-state index contributed by atoms with van der Waals surface area (Å²) in [7, 11) is 0. The van der Waals surface area contributed by atoms with E-state index in [-0.39, 0.29) is 29.7 Å². The Morgan fingerprint density at radius 1 is 1.60 bits per heavy atom. The lowest BCUT2D eigenvalue weighted by atomic mass is 10.2. The number of halogens is 1. The minimum absolute atomic E-state index is 0. The summed E-state index contributed by atoms with van der Waals surface area (Å²) in [6, 6.07) is 0. The lowest BCUT2D eigenvalue weighted by molar-refractivity contribution is 0.0139. The van der Waals surface area contributed by atoms with Gasteiger partial charge in [-0.3, -0.25) is 0 Å². The van der Waals surface area contributed by atoms with Crippen LogP contribution in [-0.2, 0) is 4.74 Å². The van der Waals surface area contributed by atoms with Gasteiger partial charge < -0.3 is 15.2 Å². The van der Waals surface area contributed by atoms with Crippen LogP contribution < -0.4 is 5.32 Å². The molecule has 0 aromatic carbocycles. The maximum absolute atomic E-state index is 8.51. The molecule has 0 aromatic rings. The van der Waals surface area contributed by atoms with Crippen molar-refractivity contribution in [3.8, 4) is 0 Å². The van der Waals surface area contributed by atoms with Gasteiger partial charge in [0, 0.05) is 19.7 Å². The minimum Gasteiger partial charge on any atom is -0.396 e. The average Bonchev–Trinajstić information content (AvgIpc) is 1.91. The van der Waals surface area contributed by atoms with E-state index in [4.69, 9.17) is 9.84 Å². The Labute approximate surface area is 71.5 Å². The number of aliphatic hydroxyl groups is 1. The van der Waals surface area contributed by atoms with E-state index in [9.17, 15) is 0 Å². The molecule has 0 saturated carbocycles. The second-order valence-electron chi connectivity index (χ2n) is 2.21. The van der Waals surface area contributed by atoms with Gasteiger partial charge in [0.15, 0.2) is 0 Å². The predicted molar refractivity (Wildman–Crippen MR) is 44.6 cm³/mol. The van der Waals surface area contributed by atoms with E-state index in [0.29, 0.717) is 0 Å². The van der Waals surface area contributed by atoms with Gasteiger partial charge in [0.25, 0.3) is 0 Å². The van der Waals surface area contributed by atoms with Gasteiger partial charge >= 0.3 is 0 Å². The third-order valence-corrected chi connectivity index (χ3v) is 1.46. The molecular weight excluding hydrogens is 198 g/mol. The summed E-state index contributed by atoms with van der Waals surface area (Å²) in [6.45, 7) is 2.85. The molecule has 1 atom stereocenters. The molecule has 1 aliphatic heterocycles. The Kier molecular flexibility index (Phi) is 6.31. The van der Waals surface area contributed by atoms with Crippen LogP contribution in [0.1, 0.15) is 6.42 Å². The largest absolute Gasteiger partial charge is 0.396 e. The minimum atomic E-state index is 0. The molecule has 1 unspecified atom stereocenters. The van der Waals surface area contributed by atoms with Crippen LogP contribution in [0.4, 0.5) is 0 Å². The van der Waals surface area contributed by atoms with Crippen molar-refractivity contribution >= 4 is 17.0 Å². The predicted octanol–water partition coefficient (Wildman–Crippen LogP) is -0.0649. The number of nitrogens with one attached hydrogen (secondary N) is 1. The van der Waals surface area contributed by atoms with Crippen molar-refractivity contribution in [2.75, 3.05) is 26.3 Å². The lowest BCUT2D eigenvalue weighted by Crippen LogP contribution is -2.38. The molecule has 0 amide bonds. The summed E-state index contributed by atoms with van der Waals surface area (Å²) < 4.78 is 5.30. The third-order valence-electron chi connectivity index (χ3n) is 1.46. The molecular formula is C6H14BrNO2. The smallest absolute Gasteiger partial charge is 0.0721 e. The monoisotopic (exact) mass is 211 g/mol. The maximum atomic E-state index is 8.51. The van der Waals surface area contributed by atoms with Crippen LogP contribution in [0.3, 0.4) is 0 Å². The van der Waals surface area contributed by atoms with Crippen LogP contribution in [0.15, 0.2) is 0 Å². The molecule has 0 aliphatic carbocycles. The molecule has 1 rings (SSSR count). The molecule has 0 spiro atoms. The summed E-state index contributed by atoms with van der Waals surface area (Å²) in [5.41, 5.74) is 0. The van der Waals surface area contributed by atoms with E-state index in [1.54, 1.807) is 0 Å². The van der Waals surface area contributed by atoms with Gasteiger partial charge in [-0.05, 0) is 6.42 Å². The first-order valence-corrected chi connectivity index (χ1v) is 3.36. The van der Waals surface area contributed by atoms with E-state index >= 15 is 0 Å². The van der Waals surface area contributed by atoms with Gasteiger partial charge in [0.2, 0.25) is 0 Å². The Balaban J connectivity index is 0.000000810. The fourth-order valence-corrected chi connectivity index (χ4v) is 0.949. The molecule has 3 nitrogen and oxygen atoms in total. The Bertz CT molecular complexity index is 73.4. The van der Waals surface area contributed by atoms with E-state index in [1.165, 1.54) is 0 Å². The van der Waals surface area contributed by atoms with Gasteiger partial charge in [-0.25, -0.2) is 0 Å². The van der Waals surface area contributed by atoms with Crippen LogP contribution in [0.2, 0.25) is 0 Å². The lowest BCUT2D eigenvalue weighted by Gasteiger charge is -2.22. The van der Waals surface area contributed by atoms with Crippen LogP contribution in [-0.4, -0.2) is 37.5 Å². The molecule has 1 aliphatic rings. The van der Waals surface area contributed by atoms with Gasteiger partial charge in [0.1, 0.15) is 0 Å². The van der Waals surface area contributed by atoms with E-state index in [0.717, 1.165) is 26.1 Å². The first kappa shape index (κ1) is 10.4. The highest BCUT2D eigenvalue weighted by Crippen LogP contribution is 1.98. The summed E-state index contributed by atoms with van der Waals surface area (Å²) in [5, 5.41) is 11.7. The van der Waals surface area contributed by atoms with E-state index in [2.05, 4.69) is 5.32 Å². The fourth-order valence-electron chi connectivity index (χ4n) is 0.949. The van der Waals surface area contributed by atoms with Crippen LogP contribution in [0, 0.1) is 0 Å². The van der Waals surface area contributed by atoms with Gasteiger partial charge in [0.05, 0.1) is 12.7 Å². The first-order valence-electron chi connectivity index (χ1n) is 3.36. The van der Waals surface area contributed by atoms with E-state index in [1.807, 2.05) is 0 Å². The first-order chi connectivity index (χ1) is 4.43. The van der Waals surface area contributed by atoms with Crippen molar-refractivity contribution in [3.05, 3.63) is 0 Å². The summed E-state index contributed by atoms with van der Waals surface area (Å²) >= 11 is 0. The number of morpholine rings is 1. The quantitative estimate of drug-likeness (QED) is 0.673. The van der Waals surface area contributed by atoms with E-state index < -0.39 is 0 Å². The number of hydrogen-bond acceptors (Lipinski definition) is 3. The molecule has 2 N–H and O–H groups in total. The summed E-state index contributed by atoms with van der Waals surface area (Å²) in [4.78, 5) is 0. The van der Waals surface area contributed by atoms with Gasteiger partial charge in [-0.2, -0.15) is 0 Å². The van der Waals surface area contributed by atoms with Crippen LogP contribution in [0.5, 0.6) is 0 Å². The number of rotatable bonds is 2. The number of hydrogen-bond donors (Lipinski definition) is 2. The molecule has 62 valence electrons. The zero-order valence-electron chi connectivity index (χ0n) is 5.88. The van der Waals surface area contributed by atoms with Crippen molar-refractivity contribution in [2.45, 2.75) is 12.5 Å². The highest BCUT2D eigenvalue weighted by Gasteiger charge is 2.11. The molecule has 1 saturated heterocycles. The van der Waals surface area contributed by atoms with Crippen LogP contribution >= 0.6 is 17.0 Å². The highest BCUT2D eigenvalue weighted by molar-refractivity contribution is 8.93. The topological polar surface area (TPSA) is 41.5 Å². The fraction of sp³-hybridized carbons (Fsp3) is 1.00. The zero-order chi connectivity index (χ0) is 6.53. The molecule has 4 heteroatoms. The third kappa shape index (κ3) is 3.51. The SMILES string of the molecule is Br.OCCC1CNCCO1. The van der Waals surface area contributed by atoms with Crippen molar-refractivity contribution in [1.82, 2.24) is 5.32 Å². The zero-order valence-corrected chi connectivity index (χ0v) is 7.59. The maximum Gasteiger partial charge on any atom is 0.0721 e. The normalized spacial score (nSPS) is 25.5. The average molecular weight is 212 g/mol. The van der Waals surface area contributed by atoms with Crippen molar-refractivity contribution in [2.24, 2.45) is 0 Å². The molecule has 1 fully saturated rings. The Morgan fingerprint density at radius 3 is 2.90 bits per heavy atom. The molecule has 0 bridgehead atoms. The Morgan fingerprint density at radius 2 is 2.40 bits per heavy atom. The molecule has 10 heavy (non-hydrogen) atoms.